The molecule has 0 atom stereocenters. The number of hydrogen-bond donors (Lipinski definition) is 1. The van der Waals surface area contributed by atoms with Gasteiger partial charge in [0, 0.05) is 63.3 Å². The van der Waals surface area contributed by atoms with E-state index in [2.05, 4.69) is 20.1 Å². The zero-order valence-electron chi connectivity index (χ0n) is 15.9. The number of thiazole rings is 1. The number of aromatic nitrogens is 2. The number of para-hydroxylation sites is 1. The van der Waals surface area contributed by atoms with Gasteiger partial charge in [0.1, 0.15) is 5.82 Å². The van der Waals surface area contributed by atoms with Crippen molar-refractivity contribution in [2.75, 3.05) is 38.0 Å². The predicted molar refractivity (Wildman–Crippen MR) is 111 cm³/mol. The Kier molecular flexibility index (Phi) is 5.98. The van der Waals surface area contributed by atoms with Crippen molar-refractivity contribution in [1.29, 1.82) is 0 Å². The van der Waals surface area contributed by atoms with Crippen molar-refractivity contribution < 1.29 is 9.18 Å². The highest BCUT2D eigenvalue weighted by molar-refractivity contribution is 7.15. The van der Waals surface area contributed by atoms with E-state index in [0.29, 0.717) is 24.5 Å². The Morgan fingerprint density at radius 3 is 2.72 bits per heavy atom. The molecule has 152 valence electrons. The van der Waals surface area contributed by atoms with Crippen molar-refractivity contribution in [3.05, 3.63) is 63.8 Å². The number of amides is 1. The fraction of sp³-hybridized carbons (Fsp3) is 0.350. The second kappa shape index (κ2) is 8.81. The van der Waals surface area contributed by atoms with E-state index < -0.39 is 5.82 Å². The molecule has 0 aliphatic carbocycles. The second-order valence-corrected chi connectivity index (χ2v) is 7.91. The molecule has 29 heavy (non-hydrogen) atoms. The molecule has 1 aliphatic rings. The van der Waals surface area contributed by atoms with Crippen molar-refractivity contribution in [3.63, 3.8) is 0 Å². The molecule has 1 aromatic carbocycles. The van der Waals surface area contributed by atoms with Crippen LogP contribution in [0, 0.1) is 5.82 Å². The Labute approximate surface area is 171 Å². The lowest BCUT2D eigenvalue weighted by molar-refractivity contribution is -0.116. The zero-order valence-corrected chi connectivity index (χ0v) is 16.7. The first-order valence-electron chi connectivity index (χ1n) is 9.53. The van der Waals surface area contributed by atoms with E-state index in [0.717, 1.165) is 31.9 Å². The topological polar surface area (TPSA) is 70.0 Å². The number of carbonyl (C=O) groups is 1. The van der Waals surface area contributed by atoms with Crippen LogP contribution < -0.4 is 10.9 Å². The molecule has 1 N–H and O–H groups in total. The lowest BCUT2D eigenvalue weighted by Crippen LogP contribution is -2.46. The van der Waals surface area contributed by atoms with E-state index in [1.807, 2.05) is 5.38 Å². The Balaban J connectivity index is 1.23. The SMILES string of the molecule is O=C(CCN1CCN(Cc2cc(=O)n3ccsc3n2)CC1)Nc1ccccc1F. The minimum atomic E-state index is -0.427. The number of nitrogens with one attached hydrogen (secondary N) is 1. The summed E-state index contributed by atoms with van der Waals surface area (Å²) in [5.41, 5.74) is 0.953. The van der Waals surface area contributed by atoms with E-state index in [9.17, 15) is 14.0 Å². The Hall–Kier alpha value is -2.62. The predicted octanol–water partition coefficient (Wildman–Crippen LogP) is 2.04. The monoisotopic (exact) mass is 415 g/mol. The summed E-state index contributed by atoms with van der Waals surface area (Å²) in [5, 5.41) is 4.47. The molecular formula is C20H22FN5O2S. The van der Waals surface area contributed by atoms with Gasteiger partial charge < -0.3 is 10.2 Å². The molecule has 0 bridgehead atoms. The summed E-state index contributed by atoms with van der Waals surface area (Å²) >= 11 is 1.45. The quantitative estimate of drug-likeness (QED) is 0.667. The van der Waals surface area contributed by atoms with Crippen molar-refractivity contribution in [2.45, 2.75) is 13.0 Å². The summed E-state index contributed by atoms with van der Waals surface area (Å²) in [5.74, 6) is -0.616. The Morgan fingerprint density at radius 2 is 1.93 bits per heavy atom. The lowest BCUT2D eigenvalue weighted by atomic mass is 10.2. The van der Waals surface area contributed by atoms with Crippen LogP contribution in [0.15, 0.2) is 46.7 Å². The van der Waals surface area contributed by atoms with Crippen molar-refractivity contribution in [1.82, 2.24) is 19.2 Å². The number of anilines is 1. The zero-order chi connectivity index (χ0) is 20.2. The summed E-state index contributed by atoms with van der Waals surface area (Å²) in [6.07, 6.45) is 2.06. The molecule has 0 unspecified atom stereocenters. The molecule has 3 heterocycles. The molecule has 3 aromatic rings. The molecule has 0 radical (unpaired) electrons. The molecule has 4 rings (SSSR count). The molecule has 0 spiro atoms. The number of piperazine rings is 1. The molecule has 1 aliphatic heterocycles. The third-order valence-corrected chi connectivity index (χ3v) is 5.77. The fourth-order valence-corrected chi connectivity index (χ4v) is 4.14. The van der Waals surface area contributed by atoms with E-state index in [1.165, 1.54) is 17.4 Å². The molecular weight excluding hydrogens is 393 g/mol. The van der Waals surface area contributed by atoms with Gasteiger partial charge in [-0.2, -0.15) is 0 Å². The van der Waals surface area contributed by atoms with Crippen LogP contribution in [-0.4, -0.2) is 57.8 Å². The summed E-state index contributed by atoms with van der Waals surface area (Å²) in [7, 11) is 0. The summed E-state index contributed by atoms with van der Waals surface area (Å²) in [4.78, 5) is 33.9. The largest absolute Gasteiger partial charge is 0.324 e. The highest BCUT2D eigenvalue weighted by Gasteiger charge is 2.19. The van der Waals surface area contributed by atoms with Gasteiger partial charge in [0.15, 0.2) is 4.96 Å². The third-order valence-electron chi connectivity index (χ3n) is 5.01. The maximum absolute atomic E-state index is 13.6. The van der Waals surface area contributed by atoms with Crippen LogP contribution >= 0.6 is 11.3 Å². The Morgan fingerprint density at radius 1 is 1.17 bits per heavy atom. The van der Waals surface area contributed by atoms with Crippen molar-refractivity contribution in [3.8, 4) is 0 Å². The Bertz CT molecular complexity index is 1060. The number of nitrogens with zero attached hydrogens (tertiary/aromatic N) is 4. The average molecular weight is 415 g/mol. The van der Waals surface area contributed by atoms with Crippen LogP contribution in [0.2, 0.25) is 0 Å². The smallest absolute Gasteiger partial charge is 0.258 e. The molecule has 9 heteroatoms. The van der Waals surface area contributed by atoms with E-state index in [4.69, 9.17) is 0 Å². The maximum atomic E-state index is 13.6. The number of carbonyl (C=O) groups excluding carboxylic acids is 1. The fourth-order valence-electron chi connectivity index (χ4n) is 3.40. The van der Waals surface area contributed by atoms with Gasteiger partial charge in [-0.25, -0.2) is 9.37 Å². The first kappa shape index (κ1) is 19.7. The number of fused-ring (bicyclic) bond motifs is 1. The van der Waals surface area contributed by atoms with Crippen molar-refractivity contribution in [2.24, 2.45) is 0 Å². The number of benzene rings is 1. The van der Waals surface area contributed by atoms with Gasteiger partial charge in [0.05, 0.1) is 11.4 Å². The number of halogens is 1. The molecule has 0 saturated carbocycles. The first-order valence-corrected chi connectivity index (χ1v) is 10.4. The first-order chi connectivity index (χ1) is 14.1. The van der Waals surface area contributed by atoms with Gasteiger partial charge in [0.25, 0.3) is 5.56 Å². The van der Waals surface area contributed by atoms with E-state index in [1.54, 1.807) is 34.9 Å². The van der Waals surface area contributed by atoms with Crippen LogP contribution in [0.1, 0.15) is 12.1 Å². The minimum absolute atomic E-state index is 0.0502. The molecule has 1 saturated heterocycles. The van der Waals surface area contributed by atoms with Crippen LogP contribution in [0.25, 0.3) is 4.96 Å². The number of hydrogen-bond acceptors (Lipinski definition) is 6. The van der Waals surface area contributed by atoms with Crippen LogP contribution in [-0.2, 0) is 11.3 Å². The van der Waals surface area contributed by atoms with Gasteiger partial charge in [-0.15, -0.1) is 11.3 Å². The van der Waals surface area contributed by atoms with E-state index in [-0.39, 0.29) is 17.2 Å². The van der Waals surface area contributed by atoms with Gasteiger partial charge in [0.2, 0.25) is 5.91 Å². The molecule has 1 fully saturated rings. The standard InChI is InChI=1S/C20H22FN5O2S/c21-16-3-1-2-4-17(16)23-18(27)5-6-24-7-9-25(10-8-24)14-15-13-19(28)26-11-12-29-20(26)22-15/h1-4,11-13H,5-10,14H2,(H,23,27). The van der Waals surface area contributed by atoms with Crippen LogP contribution in [0.3, 0.4) is 0 Å². The summed E-state index contributed by atoms with van der Waals surface area (Å²) in [6, 6.07) is 7.76. The van der Waals surface area contributed by atoms with Gasteiger partial charge >= 0.3 is 0 Å². The molecule has 7 nitrogen and oxygen atoms in total. The average Bonchev–Trinajstić information content (AvgIpc) is 3.18. The van der Waals surface area contributed by atoms with Crippen molar-refractivity contribution >= 4 is 27.9 Å². The second-order valence-electron chi connectivity index (χ2n) is 7.04. The lowest BCUT2D eigenvalue weighted by Gasteiger charge is -2.34. The maximum Gasteiger partial charge on any atom is 0.258 e. The molecule has 1 amide bonds. The highest BCUT2D eigenvalue weighted by Crippen LogP contribution is 2.13. The molecule has 2 aromatic heterocycles. The summed E-state index contributed by atoms with van der Waals surface area (Å²) in [6.45, 7) is 4.65. The van der Waals surface area contributed by atoms with Gasteiger partial charge in [-0.1, -0.05) is 12.1 Å². The minimum Gasteiger partial charge on any atom is -0.324 e. The normalized spacial score (nSPS) is 15.6. The highest BCUT2D eigenvalue weighted by atomic mass is 32.1. The van der Waals surface area contributed by atoms with E-state index >= 15 is 0 Å². The van der Waals surface area contributed by atoms with Crippen LogP contribution in [0.4, 0.5) is 10.1 Å². The third kappa shape index (κ3) is 4.87. The van der Waals surface area contributed by atoms with Crippen LogP contribution in [0.5, 0.6) is 0 Å². The van der Waals surface area contributed by atoms with Gasteiger partial charge in [-0.3, -0.25) is 18.9 Å². The number of rotatable bonds is 6. The van der Waals surface area contributed by atoms with Gasteiger partial charge in [-0.05, 0) is 12.1 Å². The summed E-state index contributed by atoms with van der Waals surface area (Å²) < 4.78 is 15.2.